The van der Waals surface area contributed by atoms with E-state index in [1.54, 1.807) is 0 Å². The monoisotopic (exact) mass is 357 g/mol. The van der Waals surface area contributed by atoms with E-state index in [1.165, 1.54) is 4.88 Å². The molecule has 4 nitrogen and oxygen atoms in total. The van der Waals surface area contributed by atoms with Crippen molar-refractivity contribution in [2.45, 2.75) is 50.5 Å². The number of carbonyl (C=O) groups is 1. The van der Waals surface area contributed by atoms with Crippen molar-refractivity contribution < 1.29 is 4.79 Å². The molecule has 0 bridgehead atoms. The maximum Gasteiger partial charge on any atom is 0.223 e. The van der Waals surface area contributed by atoms with Crippen LogP contribution in [0.25, 0.3) is 0 Å². The predicted octanol–water partition coefficient (Wildman–Crippen LogP) is 3.60. The Bertz CT molecular complexity index is 691. The van der Waals surface area contributed by atoms with Crippen LogP contribution >= 0.6 is 11.3 Å². The minimum atomic E-state index is -0.222. The molecule has 0 unspecified atom stereocenters. The number of nitriles is 1. The zero-order chi connectivity index (χ0) is 17.7. The van der Waals surface area contributed by atoms with Crippen LogP contribution in [0.5, 0.6) is 0 Å². The summed E-state index contributed by atoms with van der Waals surface area (Å²) in [5.41, 5.74) is 0.0415. The molecule has 1 spiro atoms. The highest BCUT2D eigenvalue weighted by Crippen LogP contribution is 2.54. The summed E-state index contributed by atoms with van der Waals surface area (Å²) in [6, 6.07) is 6.85. The highest BCUT2D eigenvalue weighted by Gasteiger charge is 2.53. The maximum absolute atomic E-state index is 12.6. The Kier molecular flexibility index (Phi) is 3.97. The van der Waals surface area contributed by atoms with Crippen LogP contribution in [0.1, 0.15) is 49.8 Å². The van der Waals surface area contributed by atoms with Gasteiger partial charge in [-0.25, -0.2) is 0 Å². The molecule has 4 rings (SSSR count). The Labute approximate surface area is 154 Å². The number of rotatable bonds is 4. The van der Waals surface area contributed by atoms with Gasteiger partial charge in [-0.3, -0.25) is 9.69 Å². The van der Waals surface area contributed by atoms with E-state index in [0.717, 1.165) is 45.1 Å². The number of hydrogen-bond donors (Lipinski definition) is 0. The topological polar surface area (TPSA) is 47.3 Å². The summed E-state index contributed by atoms with van der Waals surface area (Å²) in [4.78, 5) is 18.4. The Morgan fingerprint density at radius 1 is 1.24 bits per heavy atom. The van der Waals surface area contributed by atoms with E-state index in [0.29, 0.717) is 13.0 Å². The fraction of sp³-hybridized carbons (Fsp3) is 0.700. The first-order chi connectivity index (χ1) is 11.9. The fourth-order valence-electron chi connectivity index (χ4n) is 4.93. The molecule has 3 fully saturated rings. The molecule has 1 saturated heterocycles. The SMILES string of the molecule is CN(C)C1(c2cccs2)CCC2(CC1)CC(=O)N(CC1(C#N)CC1)C2. The third kappa shape index (κ3) is 2.80. The Balaban J connectivity index is 1.48. The second-order valence-electron chi connectivity index (χ2n) is 8.72. The molecule has 3 aliphatic rings. The van der Waals surface area contributed by atoms with Gasteiger partial charge in [-0.15, -0.1) is 11.3 Å². The van der Waals surface area contributed by atoms with Crippen LogP contribution in [-0.4, -0.2) is 42.9 Å². The van der Waals surface area contributed by atoms with Gasteiger partial charge in [-0.2, -0.15) is 5.26 Å². The van der Waals surface area contributed by atoms with E-state index in [9.17, 15) is 10.1 Å². The van der Waals surface area contributed by atoms with E-state index in [1.807, 2.05) is 16.2 Å². The molecule has 0 aromatic carbocycles. The van der Waals surface area contributed by atoms with Gasteiger partial charge < -0.3 is 4.90 Å². The smallest absolute Gasteiger partial charge is 0.223 e. The number of carbonyl (C=O) groups excluding carboxylic acids is 1. The highest BCUT2D eigenvalue weighted by molar-refractivity contribution is 7.10. The van der Waals surface area contributed by atoms with Crippen LogP contribution < -0.4 is 0 Å². The molecule has 1 aromatic rings. The highest BCUT2D eigenvalue weighted by atomic mass is 32.1. The van der Waals surface area contributed by atoms with Crippen molar-refractivity contribution >= 4 is 17.2 Å². The average molecular weight is 358 g/mol. The standard InChI is InChI=1S/C20H27N3OS/c1-22(2)20(16-4-3-11-25-16)9-7-18(8-10-20)12-17(24)23(14-18)15-19(13-21)5-6-19/h3-4,11H,5-10,12,14-15H2,1-2H3. The maximum atomic E-state index is 12.6. The van der Waals surface area contributed by atoms with E-state index in [4.69, 9.17) is 0 Å². The van der Waals surface area contributed by atoms with Crippen LogP contribution in [0, 0.1) is 22.2 Å². The molecule has 2 heterocycles. The van der Waals surface area contributed by atoms with Crippen LogP contribution in [0.3, 0.4) is 0 Å². The quantitative estimate of drug-likeness (QED) is 0.827. The number of thiophene rings is 1. The number of hydrogen-bond acceptors (Lipinski definition) is 4. The minimum Gasteiger partial charge on any atom is -0.341 e. The van der Waals surface area contributed by atoms with E-state index in [-0.39, 0.29) is 22.3 Å². The van der Waals surface area contributed by atoms with Crippen molar-refractivity contribution in [2.75, 3.05) is 27.2 Å². The molecule has 1 aliphatic heterocycles. The summed E-state index contributed by atoms with van der Waals surface area (Å²) in [5.74, 6) is 0.273. The molecule has 25 heavy (non-hydrogen) atoms. The number of amides is 1. The Hall–Kier alpha value is -1.38. The van der Waals surface area contributed by atoms with Crippen molar-refractivity contribution in [3.8, 4) is 6.07 Å². The first kappa shape index (κ1) is 17.1. The van der Waals surface area contributed by atoms with Gasteiger partial charge in [-0.05, 0) is 69.5 Å². The van der Waals surface area contributed by atoms with Gasteiger partial charge in [0.05, 0.1) is 17.0 Å². The molecular weight excluding hydrogens is 330 g/mol. The van der Waals surface area contributed by atoms with Crippen molar-refractivity contribution in [1.29, 1.82) is 5.26 Å². The van der Waals surface area contributed by atoms with Gasteiger partial charge >= 0.3 is 0 Å². The van der Waals surface area contributed by atoms with E-state index >= 15 is 0 Å². The van der Waals surface area contributed by atoms with E-state index in [2.05, 4.69) is 42.6 Å². The minimum absolute atomic E-state index is 0.125. The summed E-state index contributed by atoms with van der Waals surface area (Å²) in [6.45, 7) is 1.52. The zero-order valence-electron chi connectivity index (χ0n) is 15.3. The van der Waals surface area contributed by atoms with Crippen molar-refractivity contribution in [1.82, 2.24) is 9.80 Å². The second kappa shape index (κ2) is 5.82. The molecular formula is C20H27N3OS. The lowest BCUT2D eigenvalue weighted by Gasteiger charge is -2.48. The van der Waals surface area contributed by atoms with Crippen LogP contribution in [-0.2, 0) is 10.3 Å². The summed E-state index contributed by atoms with van der Waals surface area (Å²) in [6.07, 6.45) is 7.04. The molecule has 0 radical (unpaired) electrons. The van der Waals surface area contributed by atoms with E-state index < -0.39 is 0 Å². The molecule has 2 saturated carbocycles. The lowest BCUT2D eigenvalue weighted by Crippen LogP contribution is -2.47. The first-order valence-electron chi connectivity index (χ1n) is 9.33. The van der Waals surface area contributed by atoms with Crippen molar-refractivity contribution in [2.24, 2.45) is 10.8 Å². The molecule has 2 aliphatic carbocycles. The summed E-state index contributed by atoms with van der Waals surface area (Å²) >= 11 is 1.85. The van der Waals surface area contributed by atoms with Gasteiger partial charge in [-0.1, -0.05) is 6.07 Å². The number of nitrogens with zero attached hydrogens (tertiary/aromatic N) is 3. The summed E-state index contributed by atoms with van der Waals surface area (Å²) in [7, 11) is 4.38. The van der Waals surface area contributed by atoms with Crippen molar-refractivity contribution in [3.63, 3.8) is 0 Å². The lowest BCUT2D eigenvalue weighted by molar-refractivity contribution is -0.128. The van der Waals surface area contributed by atoms with Gasteiger partial charge in [0.1, 0.15) is 0 Å². The molecule has 1 amide bonds. The molecule has 1 aromatic heterocycles. The molecule has 0 atom stereocenters. The van der Waals surface area contributed by atoms with Gasteiger partial charge in [0, 0.05) is 24.4 Å². The largest absolute Gasteiger partial charge is 0.341 e. The molecule has 134 valence electrons. The zero-order valence-corrected chi connectivity index (χ0v) is 16.1. The first-order valence-corrected chi connectivity index (χ1v) is 10.2. The predicted molar refractivity (Wildman–Crippen MR) is 99.1 cm³/mol. The molecule has 0 N–H and O–H groups in total. The van der Waals surface area contributed by atoms with Crippen LogP contribution in [0.4, 0.5) is 0 Å². The second-order valence-corrected chi connectivity index (χ2v) is 9.67. The third-order valence-corrected chi connectivity index (χ3v) is 8.03. The number of likely N-dealkylation sites (tertiary alicyclic amines) is 1. The summed E-state index contributed by atoms with van der Waals surface area (Å²) in [5, 5.41) is 11.5. The van der Waals surface area contributed by atoms with Gasteiger partial charge in [0.15, 0.2) is 0 Å². The summed E-state index contributed by atoms with van der Waals surface area (Å²) < 4.78 is 0. The normalized spacial score (nSPS) is 33.8. The van der Waals surface area contributed by atoms with Crippen LogP contribution in [0.2, 0.25) is 0 Å². The third-order valence-electron chi connectivity index (χ3n) is 6.96. The van der Waals surface area contributed by atoms with Crippen LogP contribution in [0.15, 0.2) is 17.5 Å². The fourth-order valence-corrected chi connectivity index (χ4v) is 6.00. The molecule has 5 heteroatoms. The average Bonchev–Trinajstić information content (AvgIpc) is 3.02. The van der Waals surface area contributed by atoms with Gasteiger partial charge in [0.25, 0.3) is 0 Å². The Morgan fingerprint density at radius 2 is 1.96 bits per heavy atom. The van der Waals surface area contributed by atoms with Gasteiger partial charge in [0.2, 0.25) is 5.91 Å². The van der Waals surface area contributed by atoms with Crippen molar-refractivity contribution in [3.05, 3.63) is 22.4 Å². The lowest BCUT2D eigenvalue weighted by atomic mass is 9.66. The Morgan fingerprint density at radius 3 is 2.48 bits per heavy atom.